The Morgan fingerprint density at radius 1 is 1.50 bits per heavy atom. The molecule has 0 radical (unpaired) electrons. The maximum Gasteiger partial charge on any atom is 0.337 e. The Morgan fingerprint density at radius 3 is 2.64 bits per heavy atom. The van der Waals surface area contributed by atoms with E-state index in [1.807, 2.05) is 6.92 Å². The van der Waals surface area contributed by atoms with Gasteiger partial charge in [0.25, 0.3) is 0 Å². The summed E-state index contributed by atoms with van der Waals surface area (Å²) in [7, 11) is 1.34. The van der Waals surface area contributed by atoms with Crippen LogP contribution in [-0.4, -0.2) is 13.1 Å². The number of hydrogen-bond donors (Lipinski definition) is 2. The minimum Gasteiger partial charge on any atom is -0.465 e. The molecule has 1 rings (SSSR count). The van der Waals surface area contributed by atoms with E-state index < -0.39 is 0 Å². The minimum absolute atomic E-state index is 0. The van der Waals surface area contributed by atoms with Crippen LogP contribution in [0.4, 0.5) is 5.69 Å². The Balaban J connectivity index is 0.00000169. The van der Waals surface area contributed by atoms with Crippen LogP contribution in [0, 0.1) is 6.92 Å². The molecule has 0 fully saturated rings. The number of rotatable bonds is 2. The van der Waals surface area contributed by atoms with E-state index in [-0.39, 0.29) is 18.4 Å². The summed E-state index contributed by atoms with van der Waals surface area (Å²) < 4.78 is 4.57. The van der Waals surface area contributed by atoms with Crippen LogP contribution in [0.5, 0.6) is 0 Å². The molecule has 0 aliphatic rings. The molecule has 0 saturated heterocycles. The van der Waals surface area contributed by atoms with Crippen molar-refractivity contribution in [1.29, 1.82) is 0 Å². The summed E-state index contributed by atoms with van der Waals surface area (Å²) in [5.74, 6) is 4.89. The van der Waals surface area contributed by atoms with Crippen molar-refractivity contribution in [3.8, 4) is 0 Å². The third-order valence-corrected chi connectivity index (χ3v) is 1.81. The monoisotopic (exact) mass is 216 g/mol. The van der Waals surface area contributed by atoms with Gasteiger partial charge in [-0.15, -0.1) is 12.4 Å². The number of nitrogen functional groups attached to an aromatic ring is 1. The second-order valence-electron chi connectivity index (χ2n) is 2.67. The number of anilines is 1. The van der Waals surface area contributed by atoms with Crippen LogP contribution in [0.2, 0.25) is 0 Å². The summed E-state index contributed by atoms with van der Waals surface area (Å²) in [6.07, 6.45) is 0. The predicted octanol–water partition coefficient (Wildman–Crippen LogP) is 1.49. The van der Waals surface area contributed by atoms with Gasteiger partial charge in [-0.25, -0.2) is 4.79 Å². The van der Waals surface area contributed by atoms with Crippen molar-refractivity contribution in [3.05, 3.63) is 29.3 Å². The number of nitrogens with one attached hydrogen (secondary N) is 1. The summed E-state index contributed by atoms with van der Waals surface area (Å²) >= 11 is 0. The minimum atomic E-state index is -0.364. The highest BCUT2D eigenvalue weighted by molar-refractivity contribution is 5.90. The summed E-state index contributed by atoms with van der Waals surface area (Å²) in [6.45, 7) is 1.90. The second kappa shape index (κ2) is 5.47. The van der Waals surface area contributed by atoms with Gasteiger partial charge in [-0.3, -0.25) is 5.84 Å². The molecular weight excluding hydrogens is 204 g/mol. The molecule has 0 aliphatic heterocycles. The smallest absolute Gasteiger partial charge is 0.337 e. The first kappa shape index (κ1) is 12.7. The summed E-state index contributed by atoms with van der Waals surface area (Å²) in [6, 6.07) is 5.16. The number of nitrogens with two attached hydrogens (primary N) is 1. The number of carbonyl (C=O) groups is 1. The number of hydrogen-bond acceptors (Lipinski definition) is 4. The fourth-order valence-electron chi connectivity index (χ4n) is 1.02. The van der Waals surface area contributed by atoms with E-state index in [0.717, 1.165) is 11.3 Å². The van der Waals surface area contributed by atoms with E-state index in [1.165, 1.54) is 7.11 Å². The molecule has 0 aromatic heterocycles. The fourth-order valence-corrected chi connectivity index (χ4v) is 1.02. The lowest BCUT2D eigenvalue weighted by Gasteiger charge is -2.06. The Kier molecular flexibility index (Phi) is 4.97. The number of esters is 1. The maximum absolute atomic E-state index is 11.1. The summed E-state index contributed by atoms with van der Waals surface area (Å²) in [4.78, 5) is 11.1. The summed E-state index contributed by atoms with van der Waals surface area (Å²) in [5.41, 5.74) is 4.70. The van der Waals surface area contributed by atoms with Crippen LogP contribution >= 0.6 is 12.4 Å². The fraction of sp³-hybridized carbons (Fsp3) is 0.222. The van der Waals surface area contributed by atoms with Crippen LogP contribution in [0.15, 0.2) is 18.2 Å². The van der Waals surface area contributed by atoms with Crippen molar-refractivity contribution in [3.63, 3.8) is 0 Å². The molecule has 0 atom stereocenters. The van der Waals surface area contributed by atoms with Gasteiger partial charge in [-0.2, -0.15) is 0 Å². The van der Waals surface area contributed by atoms with Crippen LogP contribution in [0.25, 0.3) is 0 Å². The van der Waals surface area contributed by atoms with Gasteiger partial charge in [0.2, 0.25) is 0 Å². The normalized spacial score (nSPS) is 8.79. The van der Waals surface area contributed by atoms with Gasteiger partial charge in [0.15, 0.2) is 0 Å². The number of halogens is 1. The molecule has 0 spiro atoms. The van der Waals surface area contributed by atoms with Crippen molar-refractivity contribution in [2.75, 3.05) is 12.5 Å². The maximum atomic E-state index is 11.1. The molecule has 5 heteroatoms. The third kappa shape index (κ3) is 2.61. The SMILES string of the molecule is COC(=O)c1ccc(C)c(NN)c1.Cl. The van der Waals surface area contributed by atoms with Crippen molar-refractivity contribution in [2.24, 2.45) is 5.84 Å². The van der Waals surface area contributed by atoms with Crippen LogP contribution < -0.4 is 11.3 Å². The van der Waals surface area contributed by atoms with E-state index in [9.17, 15) is 4.79 Å². The number of carbonyl (C=O) groups excluding carboxylic acids is 1. The molecule has 0 heterocycles. The zero-order chi connectivity index (χ0) is 9.84. The first-order chi connectivity index (χ1) is 6.19. The molecule has 78 valence electrons. The number of ether oxygens (including phenoxy) is 1. The first-order valence-electron chi connectivity index (χ1n) is 3.84. The number of benzene rings is 1. The number of methoxy groups -OCH3 is 1. The van der Waals surface area contributed by atoms with Gasteiger partial charge in [-0.05, 0) is 24.6 Å². The molecule has 0 bridgehead atoms. The molecule has 1 aromatic rings. The number of aryl methyl sites for hydroxylation is 1. The molecule has 4 nitrogen and oxygen atoms in total. The standard InChI is InChI=1S/C9H12N2O2.ClH/c1-6-3-4-7(9(12)13-2)5-8(6)11-10;/h3-5,11H,10H2,1-2H3;1H. The van der Waals surface area contributed by atoms with E-state index in [4.69, 9.17) is 5.84 Å². The van der Waals surface area contributed by atoms with Crippen molar-refractivity contribution in [2.45, 2.75) is 6.92 Å². The Morgan fingerprint density at radius 2 is 2.14 bits per heavy atom. The molecule has 1 aromatic carbocycles. The zero-order valence-corrected chi connectivity index (χ0v) is 8.85. The van der Waals surface area contributed by atoms with Crippen LogP contribution in [0.1, 0.15) is 15.9 Å². The lowest BCUT2D eigenvalue weighted by atomic mass is 10.1. The van der Waals surface area contributed by atoms with E-state index in [0.29, 0.717) is 5.56 Å². The highest BCUT2D eigenvalue weighted by Gasteiger charge is 2.06. The van der Waals surface area contributed by atoms with Gasteiger partial charge in [0.1, 0.15) is 0 Å². The Labute approximate surface area is 88.8 Å². The molecular formula is C9H13ClN2O2. The Hall–Kier alpha value is -1.26. The first-order valence-corrected chi connectivity index (χ1v) is 3.84. The zero-order valence-electron chi connectivity index (χ0n) is 8.03. The van der Waals surface area contributed by atoms with Crippen molar-refractivity contribution >= 4 is 24.1 Å². The molecule has 0 amide bonds. The topological polar surface area (TPSA) is 64.3 Å². The largest absolute Gasteiger partial charge is 0.465 e. The third-order valence-electron chi connectivity index (χ3n) is 1.81. The average molecular weight is 217 g/mol. The highest BCUT2D eigenvalue weighted by Crippen LogP contribution is 2.15. The predicted molar refractivity (Wildman–Crippen MR) is 57.6 cm³/mol. The Bertz CT molecular complexity index is 329. The molecule has 3 N–H and O–H groups in total. The highest BCUT2D eigenvalue weighted by atomic mass is 35.5. The lowest BCUT2D eigenvalue weighted by molar-refractivity contribution is 0.0601. The lowest BCUT2D eigenvalue weighted by Crippen LogP contribution is -2.10. The average Bonchev–Trinajstić information content (AvgIpc) is 2.17. The van der Waals surface area contributed by atoms with E-state index in [1.54, 1.807) is 18.2 Å². The van der Waals surface area contributed by atoms with Gasteiger partial charge >= 0.3 is 5.97 Å². The van der Waals surface area contributed by atoms with Crippen molar-refractivity contribution < 1.29 is 9.53 Å². The van der Waals surface area contributed by atoms with Gasteiger partial charge in [0, 0.05) is 0 Å². The quantitative estimate of drug-likeness (QED) is 0.447. The van der Waals surface area contributed by atoms with Crippen molar-refractivity contribution in [1.82, 2.24) is 0 Å². The second-order valence-corrected chi connectivity index (χ2v) is 2.67. The number of hydrazine groups is 1. The van der Waals surface area contributed by atoms with E-state index in [2.05, 4.69) is 10.2 Å². The van der Waals surface area contributed by atoms with E-state index >= 15 is 0 Å². The van der Waals surface area contributed by atoms with Gasteiger partial charge in [-0.1, -0.05) is 6.07 Å². The van der Waals surface area contributed by atoms with Crippen LogP contribution in [-0.2, 0) is 4.74 Å². The molecule has 0 aliphatic carbocycles. The molecule has 0 unspecified atom stereocenters. The van der Waals surface area contributed by atoms with Crippen LogP contribution in [0.3, 0.4) is 0 Å². The molecule has 0 saturated carbocycles. The van der Waals surface area contributed by atoms with Gasteiger partial charge < -0.3 is 10.2 Å². The molecule has 14 heavy (non-hydrogen) atoms. The van der Waals surface area contributed by atoms with Gasteiger partial charge in [0.05, 0.1) is 18.4 Å². The summed E-state index contributed by atoms with van der Waals surface area (Å²) in [5, 5.41) is 0.